The molecule has 0 aliphatic heterocycles. The van der Waals surface area contributed by atoms with Gasteiger partial charge in [-0.15, -0.1) is 0 Å². The van der Waals surface area contributed by atoms with Crippen LogP contribution in [-0.4, -0.2) is 15.5 Å². The van der Waals surface area contributed by atoms with Gasteiger partial charge in [-0.2, -0.15) is 0 Å². The van der Waals surface area contributed by atoms with Crippen molar-refractivity contribution in [2.75, 3.05) is 0 Å². The highest BCUT2D eigenvalue weighted by Gasteiger charge is 2.10. The van der Waals surface area contributed by atoms with Gasteiger partial charge in [0.2, 0.25) is 0 Å². The first-order valence-electron chi connectivity index (χ1n) is 9.15. The van der Waals surface area contributed by atoms with Crippen molar-refractivity contribution >= 4 is 16.8 Å². The zero-order chi connectivity index (χ0) is 20.4. The lowest BCUT2D eigenvalue weighted by molar-refractivity contribution is 0.0948. The number of para-hydroxylation sites is 1. The van der Waals surface area contributed by atoms with E-state index in [1.807, 2.05) is 19.1 Å². The van der Waals surface area contributed by atoms with E-state index in [0.29, 0.717) is 28.8 Å². The predicted octanol–water partition coefficient (Wildman–Crippen LogP) is 2.57. The average Bonchev–Trinajstić information content (AvgIpc) is 3.15. The van der Waals surface area contributed by atoms with Crippen LogP contribution >= 0.6 is 0 Å². The lowest BCUT2D eigenvalue weighted by Crippen LogP contribution is -2.35. The van der Waals surface area contributed by atoms with Crippen LogP contribution < -0.4 is 16.6 Å². The van der Waals surface area contributed by atoms with E-state index in [1.165, 1.54) is 0 Å². The Labute approximate surface area is 165 Å². The van der Waals surface area contributed by atoms with Gasteiger partial charge in [0, 0.05) is 5.56 Å². The van der Waals surface area contributed by atoms with E-state index >= 15 is 0 Å². The number of fused-ring (bicyclic) bond motifs is 1. The van der Waals surface area contributed by atoms with Crippen LogP contribution in [0.25, 0.3) is 10.9 Å². The molecule has 0 aliphatic carbocycles. The second-order valence-corrected chi connectivity index (χ2v) is 6.76. The molecular formula is C22H19N3O4. The van der Waals surface area contributed by atoms with Gasteiger partial charge < -0.3 is 14.7 Å². The van der Waals surface area contributed by atoms with Gasteiger partial charge in [0.05, 0.1) is 24.0 Å². The number of aromatic nitrogens is 2. The van der Waals surface area contributed by atoms with Crippen LogP contribution in [0.1, 0.15) is 27.4 Å². The second kappa shape index (κ2) is 7.63. The Hall–Kier alpha value is -3.87. The predicted molar refractivity (Wildman–Crippen MR) is 109 cm³/mol. The Kier molecular flexibility index (Phi) is 4.87. The number of furan rings is 1. The normalized spacial score (nSPS) is 10.9. The summed E-state index contributed by atoms with van der Waals surface area (Å²) in [5, 5.41) is 3.25. The third-order valence-corrected chi connectivity index (χ3v) is 4.67. The first-order valence-corrected chi connectivity index (χ1v) is 9.15. The number of carbonyl (C=O) groups excluding carboxylic acids is 1. The molecule has 7 heteroatoms. The van der Waals surface area contributed by atoms with E-state index in [2.05, 4.69) is 10.3 Å². The summed E-state index contributed by atoms with van der Waals surface area (Å²) in [6.07, 6.45) is 0. The molecule has 0 bridgehead atoms. The van der Waals surface area contributed by atoms with Gasteiger partial charge in [-0.05, 0) is 48.9 Å². The lowest BCUT2D eigenvalue weighted by atomic mass is 10.1. The molecule has 2 aromatic heterocycles. The molecule has 2 N–H and O–H groups in total. The minimum Gasteiger partial charge on any atom is -0.465 e. The Morgan fingerprint density at radius 2 is 1.79 bits per heavy atom. The maximum atomic E-state index is 12.6. The molecule has 1 amide bonds. The SMILES string of the molecule is Cc1ccc(CNC(=O)c2ccc(Cn3c(=O)[nH]c4ccccc4c3=O)cc2)o1. The third kappa shape index (κ3) is 3.89. The summed E-state index contributed by atoms with van der Waals surface area (Å²) >= 11 is 0. The van der Waals surface area contributed by atoms with Gasteiger partial charge >= 0.3 is 5.69 Å². The molecule has 0 saturated carbocycles. The maximum absolute atomic E-state index is 12.6. The molecule has 29 heavy (non-hydrogen) atoms. The number of rotatable bonds is 5. The molecule has 0 aliphatic rings. The van der Waals surface area contributed by atoms with Crippen molar-refractivity contribution < 1.29 is 9.21 Å². The van der Waals surface area contributed by atoms with Crippen LogP contribution in [0.5, 0.6) is 0 Å². The molecule has 2 aromatic carbocycles. The maximum Gasteiger partial charge on any atom is 0.329 e. The van der Waals surface area contributed by atoms with Crippen LogP contribution in [-0.2, 0) is 13.1 Å². The van der Waals surface area contributed by atoms with E-state index in [1.54, 1.807) is 48.5 Å². The van der Waals surface area contributed by atoms with Gasteiger partial charge in [-0.25, -0.2) is 4.79 Å². The van der Waals surface area contributed by atoms with E-state index in [0.717, 1.165) is 15.9 Å². The van der Waals surface area contributed by atoms with Gasteiger partial charge in [-0.3, -0.25) is 14.2 Å². The summed E-state index contributed by atoms with van der Waals surface area (Å²) in [6.45, 7) is 2.26. The summed E-state index contributed by atoms with van der Waals surface area (Å²) < 4.78 is 6.58. The van der Waals surface area contributed by atoms with Crippen molar-refractivity contribution in [2.24, 2.45) is 0 Å². The lowest BCUT2D eigenvalue weighted by Gasteiger charge is -2.08. The average molecular weight is 389 g/mol. The number of nitrogens with one attached hydrogen (secondary N) is 2. The molecule has 0 radical (unpaired) electrons. The minimum atomic E-state index is -0.468. The van der Waals surface area contributed by atoms with E-state index in [9.17, 15) is 14.4 Å². The van der Waals surface area contributed by atoms with E-state index in [-0.39, 0.29) is 18.0 Å². The molecule has 0 saturated heterocycles. The van der Waals surface area contributed by atoms with Crippen molar-refractivity contribution in [3.8, 4) is 0 Å². The molecule has 0 unspecified atom stereocenters. The van der Waals surface area contributed by atoms with Gasteiger partial charge in [0.25, 0.3) is 11.5 Å². The Balaban J connectivity index is 1.50. The van der Waals surface area contributed by atoms with Crippen LogP contribution in [0, 0.1) is 6.92 Å². The highest BCUT2D eigenvalue weighted by molar-refractivity contribution is 5.94. The number of hydrogen-bond donors (Lipinski definition) is 2. The van der Waals surface area contributed by atoms with Crippen LogP contribution in [0.3, 0.4) is 0 Å². The fourth-order valence-electron chi connectivity index (χ4n) is 3.14. The van der Waals surface area contributed by atoms with E-state index < -0.39 is 5.69 Å². The Morgan fingerprint density at radius 1 is 1.03 bits per heavy atom. The van der Waals surface area contributed by atoms with Crippen molar-refractivity contribution in [2.45, 2.75) is 20.0 Å². The first-order chi connectivity index (χ1) is 14.0. The van der Waals surface area contributed by atoms with Crippen molar-refractivity contribution in [1.82, 2.24) is 14.9 Å². The highest BCUT2D eigenvalue weighted by atomic mass is 16.3. The number of nitrogens with zero attached hydrogens (tertiary/aromatic N) is 1. The van der Waals surface area contributed by atoms with Crippen LogP contribution in [0.4, 0.5) is 0 Å². The quantitative estimate of drug-likeness (QED) is 0.548. The van der Waals surface area contributed by atoms with E-state index in [4.69, 9.17) is 4.42 Å². The minimum absolute atomic E-state index is 0.118. The topological polar surface area (TPSA) is 97.1 Å². The summed E-state index contributed by atoms with van der Waals surface area (Å²) in [4.78, 5) is 39.9. The van der Waals surface area contributed by atoms with Gasteiger partial charge in [0.15, 0.2) is 0 Å². The summed E-state index contributed by atoms with van der Waals surface area (Å²) in [5.41, 5.74) is 0.921. The third-order valence-electron chi connectivity index (χ3n) is 4.67. The molecule has 2 heterocycles. The number of aryl methyl sites for hydroxylation is 1. The number of benzene rings is 2. The number of H-pyrrole nitrogens is 1. The summed E-state index contributed by atoms with van der Waals surface area (Å²) in [7, 11) is 0. The van der Waals surface area contributed by atoms with Crippen molar-refractivity contribution in [3.05, 3.63) is 104 Å². The van der Waals surface area contributed by atoms with Crippen molar-refractivity contribution in [3.63, 3.8) is 0 Å². The zero-order valence-electron chi connectivity index (χ0n) is 15.8. The largest absolute Gasteiger partial charge is 0.465 e. The number of hydrogen-bond acceptors (Lipinski definition) is 4. The molecule has 4 aromatic rings. The van der Waals surface area contributed by atoms with Gasteiger partial charge in [0.1, 0.15) is 11.5 Å². The van der Waals surface area contributed by atoms with Gasteiger partial charge in [-0.1, -0.05) is 24.3 Å². The highest BCUT2D eigenvalue weighted by Crippen LogP contribution is 2.09. The second-order valence-electron chi connectivity index (χ2n) is 6.76. The monoisotopic (exact) mass is 389 g/mol. The summed E-state index contributed by atoms with van der Waals surface area (Å²) in [5.74, 6) is 1.24. The van der Waals surface area contributed by atoms with Crippen LogP contribution in [0.2, 0.25) is 0 Å². The molecule has 4 rings (SSSR count). The zero-order valence-corrected chi connectivity index (χ0v) is 15.8. The first kappa shape index (κ1) is 18.5. The molecule has 0 spiro atoms. The molecule has 0 atom stereocenters. The van der Waals surface area contributed by atoms with Crippen molar-refractivity contribution in [1.29, 1.82) is 0 Å². The fraction of sp³-hybridized carbons (Fsp3) is 0.136. The standard InChI is InChI=1S/C22H19N3O4/c1-14-6-11-17(29-14)12-23-20(26)16-9-7-15(8-10-16)13-25-21(27)18-4-2-3-5-19(18)24-22(25)28/h2-11H,12-13H2,1H3,(H,23,26)(H,24,28). The smallest absolute Gasteiger partial charge is 0.329 e. The molecular weight excluding hydrogens is 370 g/mol. The van der Waals surface area contributed by atoms with Crippen LogP contribution in [0.15, 0.2) is 74.7 Å². The molecule has 146 valence electrons. The molecule has 7 nitrogen and oxygen atoms in total. The Morgan fingerprint density at radius 3 is 2.52 bits per heavy atom. The molecule has 0 fully saturated rings. The number of amides is 1. The Bertz CT molecular complexity index is 1300. The number of aromatic amines is 1. The summed E-state index contributed by atoms with van der Waals surface area (Å²) in [6, 6.07) is 17.3. The fourth-order valence-corrected chi connectivity index (χ4v) is 3.14. The number of carbonyl (C=O) groups is 1.